The summed E-state index contributed by atoms with van der Waals surface area (Å²) in [6, 6.07) is 15.4. The van der Waals surface area contributed by atoms with Crippen molar-refractivity contribution < 1.29 is 9.59 Å². The summed E-state index contributed by atoms with van der Waals surface area (Å²) in [7, 11) is 0. The molecule has 1 aliphatic heterocycles. The van der Waals surface area contributed by atoms with Gasteiger partial charge in [-0.1, -0.05) is 30.3 Å². The molecule has 0 fully saturated rings. The molecule has 0 saturated heterocycles. The summed E-state index contributed by atoms with van der Waals surface area (Å²) in [5.74, 6) is 0.0337. The van der Waals surface area contributed by atoms with Gasteiger partial charge in [0.2, 0.25) is 0 Å². The molecular weight excluding hydrogens is 366 g/mol. The van der Waals surface area contributed by atoms with Gasteiger partial charge in [0.15, 0.2) is 0 Å². The number of carbonyl (C=O) groups excluding carboxylic acids is 2. The van der Waals surface area contributed by atoms with Gasteiger partial charge in [-0.2, -0.15) is 0 Å². The first kappa shape index (κ1) is 18.6. The van der Waals surface area contributed by atoms with E-state index < -0.39 is 5.91 Å². The molecule has 3 N–H and O–H groups in total. The molecule has 146 valence electrons. The van der Waals surface area contributed by atoms with E-state index in [-0.39, 0.29) is 11.6 Å². The molecule has 0 atom stereocenters. The number of amides is 2. The molecule has 1 aliphatic rings. The summed E-state index contributed by atoms with van der Waals surface area (Å²) in [4.78, 5) is 34.0. The molecule has 1 aromatic carbocycles. The number of nitrogens with zero attached hydrogens (tertiary/aromatic N) is 3. The van der Waals surface area contributed by atoms with Gasteiger partial charge >= 0.3 is 0 Å². The van der Waals surface area contributed by atoms with Crippen molar-refractivity contribution in [2.24, 2.45) is 5.73 Å². The highest BCUT2D eigenvalue weighted by atomic mass is 16.2. The van der Waals surface area contributed by atoms with Crippen molar-refractivity contribution in [1.82, 2.24) is 15.3 Å². The first-order valence-electron chi connectivity index (χ1n) is 9.41. The van der Waals surface area contributed by atoms with Crippen molar-refractivity contribution in [3.05, 3.63) is 88.9 Å². The number of nitrogens with one attached hydrogen (secondary N) is 1. The van der Waals surface area contributed by atoms with Gasteiger partial charge in [0, 0.05) is 32.0 Å². The SMILES string of the molecule is NC(=O)c1ccc(C(=O)NCc2ccc(N3CCc4ccccc4C3)nc2)cn1. The van der Waals surface area contributed by atoms with Crippen LogP contribution in [-0.4, -0.2) is 28.3 Å². The second-order valence-electron chi connectivity index (χ2n) is 6.94. The van der Waals surface area contributed by atoms with Crippen LogP contribution in [0, 0.1) is 0 Å². The molecule has 3 aromatic rings. The maximum Gasteiger partial charge on any atom is 0.267 e. The van der Waals surface area contributed by atoms with E-state index in [0.717, 1.165) is 30.9 Å². The number of carbonyl (C=O) groups is 2. The Balaban J connectivity index is 1.35. The van der Waals surface area contributed by atoms with Gasteiger partial charge < -0.3 is 16.0 Å². The summed E-state index contributed by atoms with van der Waals surface area (Å²) in [6.07, 6.45) is 4.13. The average molecular weight is 387 g/mol. The van der Waals surface area contributed by atoms with Crippen LogP contribution in [0.1, 0.15) is 37.5 Å². The predicted octanol–water partition coefficient (Wildman–Crippen LogP) is 2.07. The molecule has 3 heterocycles. The number of anilines is 1. The van der Waals surface area contributed by atoms with Gasteiger partial charge in [-0.25, -0.2) is 4.98 Å². The minimum atomic E-state index is -0.625. The smallest absolute Gasteiger partial charge is 0.267 e. The largest absolute Gasteiger partial charge is 0.364 e. The number of aromatic nitrogens is 2. The highest BCUT2D eigenvalue weighted by Crippen LogP contribution is 2.22. The van der Waals surface area contributed by atoms with E-state index in [1.54, 1.807) is 6.20 Å². The lowest BCUT2D eigenvalue weighted by molar-refractivity contribution is 0.0947. The van der Waals surface area contributed by atoms with Crippen LogP contribution >= 0.6 is 0 Å². The topological polar surface area (TPSA) is 101 Å². The van der Waals surface area contributed by atoms with Crippen molar-refractivity contribution in [3.63, 3.8) is 0 Å². The molecule has 29 heavy (non-hydrogen) atoms. The summed E-state index contributed by atoms with van der Waals surface area (Å²) >= 11 is 0. The van der Waals surface area contributed by atoms with Crippen LogP contribution in [-0.2, 0) is 19.5 Å². The molecule has 4 rings (SSSR count). The van der Waals surface area contributed by atoms with Crippen molar-refractivity contribution >= 4 is 17.6 Å². The lowest BCUT2D eigenvalue weighted by atomic mass is 10.00. The number of primary amides is 1. The summed E-state index contributed by atoms with van der Waals surface area (Å²) in [5, 5.41) is 2.83. The van der Waals surface area contributed by atoms with Crippen molar-refractivity contribution in [1.29, 1.82) is 0 Å². The van der Waals surface area contributed by atoms with E-state index in [0.29, 0.717) is 12.1 Å². The predicted molar refractivity (Wildman–Crippen MR) is 109 cm³/mol. The molecule has 0 spiro atoms. The Morgan fingerprint density at radius 2 is 1.83 bits per heavy atom. The normalized spacial score (nSPS) is 12.9. The highest BCUT2D eigenvalue weighted by molar-refractivity contribution is 5.95. The Labute approximate surface area is 168 Å². The maximum atomic E-state index is 12.2. The van der Waals surface area contributed by atoms with Gasteiger partial charge in [-0.3, -0.25) is 14.6 Å². The fourth-order valence-corrected chi connectivity index (χ4v) is 3.36. The lowest BCUT2D eigenvalue weighted by Gasteiger charge is -2.29. The van der Waals surface area contributed by atoms with E-state index >= 15 is 0 Å². The Hall–Kier alpha value is -3.74. The zero-order chi connectivity index (χ0) is 20.2. The van der Waals surface area contributed by atoms with Crippen molar-refractivity contribution in [2.45, 2.75) is 19.5 Å². The Morgan fingerprint density at radius 3 is 2.52 bits per heavy atom. The van der Waals surface area contributed by atoms with E-state index in [1.807, 2.05) is 12.1 Å². The van der Waals surface area contributed by atoms with E-state index in [9.17, 15) is 9.59 Å². The zero-order valence-corrected chi connectivity index (χ0v) is 15.8. The molecule has 0 saturated carbocycles. The highest BCUT2D eigenvalue weighted by Gasteiger charge is 2.17. The van der Waals surface area contributed by atoms with Crippen LogP contribution in [0.3, 0.4) is 0 Å². The van der Waals surface area contributed by atoms with E-state index in [1.165, 1.54) is 29.5 Å². The number of hydrogen-bond donors (Lipinski definition) is 2. The van der Waals surface area contributed by atoms with Crippen LogP contribution in [0.5, 0.6) is 0 Å². The third kappa shape index (κ3) is 4.24. The molecule has 0 unspecified atom stereocenters. The molecule has 2 amide bonds. The third-order valence-corrected chi connectivity index (χ3v) is 4.99. The molecule has 7 heteroatoms. The summed E-state index contributed by atoms with van der Waals surface area (Å²) in [6.45, 7) is 2.15. The van der Waals surface area contributed by atoms with Crippen LogP contribution in [0.25, 0.3) is 0 Å². The van der Waals surface area contributed by atoms with E-state index in [2.05, 4.69) is 44.5 Å². The monoisotopic (exact) mass is 387 g/mol. The second kappa shape index (κ2) is 8.10. The van der Waals surface area contributed by atoms with Crippen LogP contribution in [0.15, 0.2) is 60.9 Å². The Kier molecular flexibility index (Phi) is 5.20. The molecule has 0 bridgehead atoms. The van der Waals surface area contributed by atoms with Crippen molar-refractivity contribution in [2.75, 3.05) is 11.4 Å². The number of pyridine rings is 2. The number of hydrogen-bond acceptors (Lipinski definition) is 5. The van der Waals surface area contributed by atoms with Crippen molar-refractivity contribution in [3.8, 4) is 0 Å². The fraction of sp³-hybridized carbons (Fsp3) is 0.182. The summed E-state index contributed by atoms with van der Waals surface area (Å²) < 4.78 is 0. The zero-order valence-electron chi connectivity index (χ0n) is 15.8. The Bertz CT molecular complexity index is 1030. The van der Waals surface area contributed by atoms with Gasteiger partial charge in [0.1, 0.15) is 11.5 Å². The molecular formula is C22H21N5O2. The number of nitrogens with two attached hydrogens (primary N) is 1. The number of benzene rings is 1. The first-order chi connectivity index (χ1) is 14.1. The maximum absolute atomic E-state index is 12.2. The lowest BCUT2D eigenvalue weighted by Crippen LogP contribution is -2.31. The first-order valence-corrected chi connectivity index (χ1v) is 9.41. The molecule has 2 aromatic heterocycles. The summed E-state index contributed by atoms with van der Waals surface area (Å²) in [5.41, 5.74) is 9.29. The van der Waals surface area contributed by atoms with Crippen LogP contribution < -0.4 is 16.0 Å². The van der Waals surface area contributed by atoms with Gasteiger partial charge in [0.05, 0.1) is 5.56 Å². The van der Waals surface area contributed by atoms with Gasteiger partial charge in [0.25, 0.3) is 11.8 Å². The standard InChI is InChI=1S/C22H21N5O2/c23-21(28)19-7-6-17(13-24-19)22(29)26-12-15-5-8-20(25-11-15)27-10-9-16-3-1-2-4-18(16)14-27/h1-8,11,13H,9-10,12,14H2,(H2,23,28)(H,26,29). The molecule has 0 radical (unpaired) electrons. The average Bonchev–Trinajstić information content (AvgIpc) is 2.77. The van der Waals surface area contributed by atoms with Crippen LogP contribution in [0.2, 0.25) is 0 Å². The van der Waals surface area contributed by atoms with Gasteiger partial charge in [-0.15, -0.1) is 0 Å². The second-order valence-corrected chi connectivity index (χ2v) is 6.94. The quantitative estimate of drug-likeness (QED) is 0.698. The Morgan fingerprint density at radius 1 is 1.00 bits per heavy atom. The fourth-order valence-electron chi connectivity index (χ4n) is 3.36. The van der Waals surface area contributed by atoms with Crippen LogP contribution in [0.4, 0.5) is 5.82 Å². The molecule has 7 nitrogen and oxygen atoms in total. The number of rotatable bonds is 5. The minimum absolute atomic E-state index is 0.127. The molecule has 0 aliphatic carbocycles. The van der Waals surface area contributed by atoms with E-state index in [4.69, 9.17) is 5.73 Å². The third-order valence-electron chi connectivity index (χ3n) is 4.99. The minimum Gasteiger partial charge on any atom is -0.364 e. The number of fused-ring (bicyclic) bond motifs is 1. The van der Waals surface area contributed by atoms with Gasteiger partial charge in [-0.05, 0) is 41.3 Å².